The molecule has 2 heterocycles. The number of likely N-dealkylation sites (tertiary alicyclic amines) is 1. The van der Waals surface area contributed by atoms with Crippen LogP contribution in [0.15, 0.2) is 0 Å². The molecule has 0 radical (unpaired) electrons. The summed E-state index contributed by atoms with van der Waals surface area (Å²) in [5.41, 5.74) is 0. The number of carbonyl (C=O) groups is 1. The van der Waals surface area contributed by atoms with E-state index in [2.05, 4.69) is 10.2 Å². The lowest BCUT2D eigenvalue weighted by atomic mass is 10.1. The van der Waals surface area contributed by atoms with E-state index >= 15 is 0 Å². The summed E-state index contributed by atoms with van der Waals surface area (Å²) in [5, 5.41) is 2.75. The van der Waals surface area contributed by atoms with E-state index in [1.54, 1.807) is 0 Å². The molecule has 1 atom stereocenters. The van der Waals surface area contributed by atoms with E-state index in [0.29, 0.717) is 0 Å². The van der Waals surface area contributed by atoms with Gasteiger partial charge in [0.2, 0.25) is 5.91 Å². The number of nitrogens with one attached hydrogen (secondary N) is 1. The first-order chi connectivity index (χ1) is 4.88. The number of carbonyl (C=O) groups excluding carboxylic acids is 1. The fourth-order valence-electron chi connectivity index (χ4n) is 1.62. The van der Waals surface area contributed by atoms with Gasteiger partial charge in [-0.3, -0.25) is 9.69 Å². The lowest BCUT2D eigenvalue weighted by Crippen LogP contribution is -2.61. The van der Waals surface area contributed by atoms with Crippen LogP contribution in [0.25, 0.3) is 0 Å². The van der Waals surface area contributed by atoms with Gasteiger partial charge in [-0.1, -0.05) is 0 Å². The molecule has 1 amide bonds. The van der Waals surface area contributed by atoms with Crippen LogP contribution in [0, 0.1) is 0 Å². The normalized spacial score (nSPS) is 33.6. The number of rotatable bonds is 1. The minimum Gasteiger partial charge on any atom is -0.353 e. The fourth-order valence-corrected chi connectivity index (χ4v) is 1.62. The standard InChI is InChI=1S/C7H12N2O/c10-7-6(5-8-7)9-3-1-2-4-9/h6H,1-5H2,(H,8,10). The zero-order valence-electron chi connectivity index (χ0n) is 5.97. The van der Waals surface area contributed by atoms with Crippen molar-refractivity contribution in [1.29, 1.82) is 0 Å². The molecule has 3 heteroatoms. The second-order valence-corrected chi connectivity index (χ2v) is 3.00. The summed E-state index contributed by atoms with van der Waals surface area (Å²) >= 11 is 0. The zero-order valence-corrected chi connectivity index (χ0v) is 5.97. The molecule has 3 nitrogen and oxygen atoms in total. The molecule has 0 spiro atoms. The molecular weight excluding hydrogens is 128 g/mol. The van der Waals surface area contributed by atoms with Crippen molar-refractivity contribution in [2.45, 2.75) is 18.9 Å². The Morgan fingerprint density at radius 1 is 1.40 bits per heavy atom. The van der Waals surface area contributed by atoms with Gasteiger partial charge in [-0.15, -0.1) is 0 Å². The van der Waals surface area contributed by atoms with Crippen molar-refractivity contribution in [3.8, 4) is 0 Å². The summed E-state index contributed by atoms with van der Waals surface area (Å²) in [7, 11) is 0. The average molecular weight is 140 g/mol. The Kier molecular flexibility index (Phi) is 1.38. The largest absolute Gasteiger partial charge is 0.353 e. The monoisotopic (exact) mass is 140 g/mol. The van der Waals surface area contributed by atoms with Crippen molar-refractivity contribution >= 4 is 5.91 Å². The highest BCUT2D eigenvalue weighted by Crippen LogP contribution is 2.14. The molecule has 1 unspecified atom stereocenters. The van der Waals surface area contributed by atoms with E-state index in [9.17, 15) is 4.79 Å². The van der Waals surface area contributed by atoms with Crippen molar-refractivity contribution in [3.63, 3.8) is 0 Å². The van der Waals surface area contributed by atoms with E-state index in [0.717, 1.165) is 19.6 Å². The molecule has 0 saturated carbocycles. The maximum absolute atomic E-state index is 10.9. The number of hydrogen-bond donors (Lipinski definition) is 1. The van der Waals surface area contributed by atoms with Gasteiger partial charge in [0.05, 0.1) is 0 Å². The van der Waals surface area contributed by atoms with Gasteiger partial charge in [0, 0.05) is 6.54 Å². The van der Waals surface area contributed by atoms with Gasteiger partial charge in [0.15, 0.2) is 0 Å². The van der Waals surface area contributed by atoms with Crippen LogP contribution in [0.5, 0.6) is 0 Å². The van der Waals surface area contributed by atoms with Gasteiger partial charge in [-0.25, -0.2) is 0 Å². The first-order valence-electron chi connectivity index (χ1n) is 3.90. The molecule has 2 aliphatic heterocycles. The molecule has 0 aromatic heterocycles. The molecule has 0 bridgehead atoms. The van der Waals surface area contributed by atoms with Crippen LogP contribution in [0.1, 0.15) is 12.8 Å². The van der Waals surface area contributed by atoms with Gasteiger partial charge in [0.25, 0.3) is 0 Å². The molecule has 0 aliphatic carbocycles. The number of nitrogens with zero attached hydrogens (tertiary/aromatic N) is 1. The van der Waals surface area contributed by atoms with Gasteiger partial charge in [0.1, 0.15) is 6.04 Å². The first-order valence-corrected chi connectivity index (χ1v) is 3.90. The van der Waals surface area contributed by atoms with Crippen LogP contribution in [-0.4, -0.2) is 36.5 Å². The van der Waals surface area contributed by atoms with E-state index in [4.69, 9.17) is 0 Å². The molecule has 56 valence electrons. The summed E-state index contributed by atoms with van der Waals surface area (Å²) in [6.45, 7) is 3.12. The summed E-state index contributed by atoms with van der Waals surface area (Å²) in [5.74, 6) is 0.224. The third-order valence-electron chi connectivity index (χ3n) is 2.35. The Morgan fingerprint density at radius 3 is 2.50 bits per heavy atom. The third kappa shape index (κ3) is 0.814. The molecule has 2 saturated heterocycles. The fraction of sp³-hybridized carbons (Fsp3) is 0.857. The summed E-state index contributed by atoms with van der Waals surface area (Å²) in [6.07, 6.45) is 2.54. The van der Waals surface area contributed by atoms with Crippen molar-refractivity contribution < 1.29 is 4.79 Å². The first kappa shape index (κ1) is 6.16. The SMILES string of the molecule is O=C1NCC1N1CCCC1. The smallest absolute Gasteiger partial charge is 0.239 e. The lowest BCUT2D eigenvalue weighted by molar-refractivity contribution is -0.132. The van der Waals surface area contributed by atoms with E-state index in [-0.39, 0.29) is 11.9 Å². The van der Waals surface area contributed by atoms with Crippen LogP contribution in [-0.2, 0) is 4.79 Å². The quantitative estimate of drug-likeness (QED) is 0.502. The Bertz CT molecular complexity index is 152. The summed E-state index contributed by atoms with van der Waals surface area (Å²) in [4.78, 5) is 13.1. The molecule has 2 fully saturated rings. The number of β-lactam (4-membered cyclic amide) rings is 1. The minimum absolute atomic E-state index is 0.224. The van der Waals surface area contributed by atoms with Gasteiger partial charge < -0.3 is 5.32 Å². The topological polar surface area (TPSA) is 32.3 Å². The van der Waals surface area contributed by atoms with E-state index in [1.807, 2.05) is 0 Å². The van der Waals surface area contributed by atoms with Crippen LogP contribution in [0.4, 0.5) is 0 Å². The van der Waals surface area contributed by atoms with Crippen molar-refractivity contribution in [1.82, 2.24) is 10.2 Å². The van der Waals surface area contributed by atoms with Crippen LogP contribution < -0.4 is 5.32 Å². The van der Waals surface area contributed by atoms with Crippen LogP contribution >= 0.6 is 0 Å². The van der Waals surface area contributed by atoms with Gasteiger partial charge in [-0.05, 0) is 25.9 Å². The van der Waals surface area contributed by atoms with Crippen molar-refractivity contribution in [3.05, 3.63) is 0 Å². The average Bonchev–Trinajstić information content (AvgIpc) is 2.37. The Balaban J connectivity index is 1.92. The van der Waals surface area contributed by atoms with Crippen molar-refractivity contribution in [2.75, 3.05) is 19.6 Å². The molecule has 1 N–H and O–H groups in total. The highest BCUT2D eigenvalue weighted by atomic mass is 16.2. The Labute approximate surface area is 60.4 Å². The van der Waals surface area contributed by atoms with Gasteiger partial charge in [-0.2, -0.15) is 0 Å². The van der Waals surface area contributed by atoms with E-state index < -0.39 is 0 Å². The summed E-state index contributed by atoms with van der Waals surface area (Å²) in [6, 6.07) is 0.225. The van der Waals surface area contributed by atoms with E-state index in [1.165, 1.54) is 12.8 Å². The molecule has 0 aromatic carbocycles. The maximum atomic E-state index is 10.9. The molecule has 2 rings (SSSR count). The minimum atomic E-state index is 0.224. The third-order valence-corrected chi connectivity index (χ3v) is 2.35. The molecule has 10 heavy (non-hydrogen) atoms. The highest BCUT2D eigenvalue weighted by Gasteiger charge is 2.34. The molecule has 0 aromatic rings. The lowest BCUT2D eigenvalue weighted by Gasteiger charge is -2.33. The molecular formula is C7H12N2O. The predicted octanol–water partition coefficient (Wildman–Crippen LogP) is -0.419. The Morgan fingerprint density at radius 2 is 2.10 bits per heavy atom. The van der Waals surface area contributed by atoms with Crippen LogP contribution in [0.3, 0.4) is 0 Å². The number of hydrogen-bond acceptors (Lipinski definition) is 2. The maximum Gasteiger partial charge on any atom is 0.239 e. The zero-order chi connectivity index (χ0) is 6.97. The van der Waals surface area contributed by atoms with Crippen LogP contribution in [0.2, 0.25) is 0 Å². The second-order valence-electron chi connectivity index (χ2n) is 3.00. The van der Waals surface area contributed by atoms with Crippen molar-refractivity contribution in [2.24, 2.45) is 0 Å². The Hall–Kier alpha value is -0.570. The summed E-state index contributed by atoms with van der Waals surface area (Å²) < 4.78 is 0. The second kappa shape index (κ2) is 2.23. The highest BCUT2D eigenvalue weighted by molar-refractivity contribution is 5.87. The predicted molar refractivity (Wildman–Crippen MR) is 37.6 cm³/mol. The molecule has 2 aliphatic rings. The van der Waals surface area contributed by atoms with Gasteiger partial charge >= 0.3 is 0 Å². The number of amides is 1.